The minimum Gasteiger partial charge on any atom is -0.477 e. The van der Waals surface area contributed by atoms with E-state index in [0.29, 0.717) is 5.82 Å². The molecule has 2 N–H and O–H groups in total. The van der Waals surface area contributed by atoms with Gasteiger partial charge in [0.05, 0.1) is 0 Å². The summed E-state index contributed by atoms with van der Waals surface area (Å²) in [6.07, 6.45) is 6.73. The van der Waals surface area contributed by atoms with E-state index in [0.717, 1.165) is 31.6 Å². The maximum atomic E-state index is 11.6. The van der Waals surface area contributed by atoms with E-state index in [2.05, 4.69) is 16.9 Å². The average Bonchev–Trinajstić information content (AvgIpc) is 2.38. The Hall–Kier alpha value is -1.65. The van der Waals surface area contributed by atoms with Gasteiger partial charge in [-0.2, -0.15) is 0 Å². The van der Waals surface area contributed by atoms with Crippen molar-refractivity contribution in [3.05, 3.63) is 27.9 Å². The van der Waals surface area contributed by atoms with Gasteiger partial charge in [-0.05, 0) is 31.6 Å². The molecule has 0 atom stereocenters. The quantitative estimate of drug-likeness (QED) is 0.861. The zero-order chi connectivity index (χ0) is 13.1. The molecule has 2 rings (SSSR count). The minimum absolute atomic E-state index is 0.267. The number of aromatic carboxylic acids is 1. The van der Waals surface area contributed by atoms with Crippen molar-refractivity contribution in [3.63, 3.8) is 0 Å². The number of nitrogens with zero attached hydrogens (tertiary/aromatic N) is 1. The molecule has 0 aromatic carbocycles. The summed E-state index contributed by atoms with van der Waals surface area (Å²) in [6, 6.07) is 0. The summed E-state index contributed by atoms with van der Waals surface area (Å²) in [5, 5.41) is 8.77. The van der Waals surface area contributed by atoms with Crippen molar-refractivity contribution in [1.82, 2.24) is 9.97 Å². The Kier molecular flexibility index (Phi) is 3.79. The van der Waals surface area contributed by atoms with Crippen LogP contribution in [0.25, 0.3) is 0 Å². The second kappa shape index (κ2) is 5.33. The van der Waals surface area contributed by atoms with Crippen molar-refractivity contribution in [1.29, 1.82) is 0 Å². The summed E-state index contributed by atoms with van der Waals surface area (Å²) >= 11 is 0. The number of H-pyrrole nitrogens is 1. The molecule has 5 heteroatoms. The van der Waals surface area contributed by atoms with E-state index in [9.17, 15) is 9.59 Å². The predicted octanol–water partition coefficient (Wildman–Crippen LogP) is 2.15. The third-order valence-corrected chi connectivity index (χ3v) is 3.86. The Morgan fingerprint density at radius 2 is 2.11 bits per heavy atom. The number of carboxylic acid groups (broad SMARTS) is 1. The van der Waals surface area contributed by atoms with Crippen LogP contribution in [0.3, 0.4) is 0 Å². The van der Waals surface area contributed by atoms with Gasteiger partial charge < -0.3 is 10.1 Å². The molecule has 18 heavy (non-hydrogen) atoms. The molecule has 98 valence electrons. The van der Waals surface area contributed by atoms with Crippen LogP contribution < -0.4 is 5.56 Å². The molecule has 0 unspecified atom stereocenters. The van der Waals surface area contributed by atoms with Crippen LogP contribution in [0.2, 0.25) is 0 Å². The second-order valence-corrected chi connectivity index (χ2v) is 4.94. The Bertz CT molecular complexity index is 487. The maximum absolute atomic E-state index is 11.6. The van der Waals surface area contributed by atoms with Gasteiger partial charge in [-0.15, -0.1) is 0 Å². The maximum Gasteiger partial charge on any atom is 0.342 e. The number of hydrogen-bond donors (Lipinski definition) is 2. The van der Waals surface area contributed by atoms with Crippen molar-refractivity contribution in [3.8, 4) is 0 Å². The first-order valence-corrected chi connectivity index (χ1v) is 6.44. The van der Waals surface area contributed by atoms with Gasteiger partial charge >= 0.3 is 5.97 Å². The number of aromatic amines is 1. The third-order valence-electron chi connectivity index (χ3n) is 3.86. The Labute approximate surface area is 105 Å². The highest BCUT2D eigenvalue weighted by Crippen LogP contribution is 2.35. The summed E-state index contributed by atoms with van der Waals surface area (Å²) in [5.41, 5.74) is -0.842. The summed E-state index contributed by atoms with van der Waals surface area (Å²) in [7, 11) is 0. The lowest BCUT2D eigenvalue weighted by molar-refractivity contribution is 0.0694. The molecule has 1 heterocycles. The van der Waals surface area contributed by atoms with Gasteiger partial charge in [-0.3, -0.25) is 4.79 Å². The Morgan fingerprint density at radius 3 is 2.61 bits per heavy atom. The van der Waals surface area contributed by atoms with Crippen LogP contribution in [0.15, 0.2) is 11.0 Å². The molecular weight excluding hydrogens is 232 g/mol. The SMILES string of the molecule is CCC1CCC(c2ncc(C(=O)O)c(=O)[nH]2)CC1. The fraction of sp³-hybridized carbons (Fsp3) is 0.615. The van der Waals surface area contributed by atoms with Crippen LogP contribution in [0, 0.1) is 5.92 Å². The minimum atomic E-state index is -1.23. The van der Waals surface area contributed by atoms with E-state index < -0.39 is 11.5 Å². The normalized spacial score (nSPS) is 23.8. The lowest BCUT2D eigenvalue weighted by Gasteiger charge is -2.26. The molecule has 0 bridgehead atoms. The number of carboxylic acids is 1. The molecular formula is C13H18N2O3. The lowest BCUT2D eigenvalue weighted by Crippen LogP contribution is -2.23. The first-order valence-electron chi connectivity index (χ1n) is 6.44. The molecule has 1 aliphatic rings. The second-order valence-electron chi connectivity index (χ2n) is 4.94. The molecule has 5 nitrogen and oxygen atoms in total. The van der Waals surface area contributed by atoms with Crippen molar-refractivity contribution in [2.24, 2.45) is 5.92 Å². The number of nitrogens with one attached hydrogen (secondary N) is 1. The molecule has 1 fully saturated rings. The first-order chi connectivity index (χ1) is 8.61. The zero-order valence-electron chi connectivity index (χ0n) is 10.5. The van der Waals surface area contributed by atoms with E-state index >= 15 is 0 Å². The molecule has 0 spiro atoms. The van der Waals surface area contributed by atoms with Crippen molar-refractivity contribution < 1.29 is 9.90 Å². The number of aromatic nitrogens is 2. The van der Waals surface area contributed by atoms with Crippen molar-refractivity contribution in [2.45, 2.75) is 44.9 Å². The molecule has 0 saturated heterocycles. The lowest BCUT2D eigenvalue weighted by atomic mass is 9.80. The standard InChI is InChI=1S/C13H18N2O3/c1-2-8-3-5-9(6-4-8)11-14-7-10(13(17)18)12(16)15-11/h7-9H,2-6H2,1H3,(H,17,18)(H,14,15,16). The molecule has 0 radical (unpaired) electrons. The largest absolute Gasteiger partial charge is 0.477 e. The molecule has 0 amide bonds. The fourth-order valence-electron chi connectivity index (χ4n) is 2.61. The highest BCUT2D eigenvalue weighted by Gasteiger charge is 2.23. The number of carbonyl (C=O) groups is 1. The van der Waals surface area contributed by atoms with Gasteiger partial charge in [0.25, 0.3) is 5.56 Å². The fourth-order valence-corrected chi connectivity index (χ4v) is 2.61. The highest BCUT2D eigenvalue weighted by molar-refractivity contribution is 5.86. The topological polar surface area (TPSA) is 83.0 Å². The van der Waals surface area contributed by atoms with Crippen LogP contribution in [0.1, 0.15) is 61.1 Å². The van der Waals surface area contributed by atoms with E-state index in [1.807, 2.05) is 0 Å². The van der Waals surface area contributed by atoms with Crippen LogP contribution in [-0.4, -0.2) is 21.0 Å². The Morgan fingerprint density at radius 1 is 1.44 bits per heavy atom. The van der Waals surface area contributed by atoms with Crippen LogP contribution in [0.4, 0.5) is 0 Å². The monoisotopic (exact) mass is 250 g/mol. The van der Waals surface area contributed by atoms with Gasteiger partial charge in [-0.25, -0.2) is 9.78 Å². The number of hydrogen-bond acceptors (Lipinski definition) is 3. The van der Waals surface area contributed by atoms with Crippen molar-refractivity contribution in [2.75, 3.05) is 0 Å². The Balaban J connectivity index is 2.13. The summed E-state index contributed by atoms with van der Waals surface area (Å²) in [4.78, 5) is 29.0. The van der Waals surface area contributed by atoms with Gasteiger partial charge in [-0.1, -0.05) is 13.3 Å². The predicted molar refractivity (Wildman–Crippen MR) is 66.8 cm³/mol. The molecule has 1 aromatic heterocycles. The van der Waals surface area contributed by atoms with Gasteiger partial charge in [0.1, 0.15) is 11.4 Å². The van der Waals surface area contributed by atoms with E-state index in [-0.39, 0.29) is 11.5 Å². The molecule has 0 aliphatic heterocycles. The molecule has 1 aliphatic carbocycles. The highest BCUT2D eigenvalue weighted by atomic mass is 16.4. The average molecular weight is 250 g/mol. The number of rotatable bonds is 3. The summed E-state index contributed by atoms with van der Waals surface area (Å²) in [5.74, 6) is 0.458. The van der Waals surface area contributed by atoms with Crippen molar-refractivity contribution >= 4 is 5.97 Å². The molecule has 1 saturated carbocycles. The summed E-state index contributed by atoms with van der Waals surface area (Å²) in [6.45, 7) is 2.20. The van der Waals surface area contributed by atoms with E-state index in [1.165, 1.54) is 12.6 Å². The van der Waals surface area contributed by atoms with Gasteiger partial charge in [0.15, 0.2) is 0 Å². The smallest absolute Gasteiger partial charge is 0.342 e. The van der Waals surface area contributed by atoms with Crippen LogP contribution >= 0.6 is 0 Å². The van der Waals surface area contributed by atoms with E-state index in [4.69, 9.17) is 5.11 Å². The van der Waals surface area contributed by atoms with E-state index in [1.54, 1.807) is 0 Å². The molecule has 1 aromatic rings. The van der Waals surface area contributed by atoms with Crippen LogP contribution in [0.5, 0.6) is 0 Å². The zero-order valence-corrected chi connectivity index (χ0v) is 10.5. The first kappa shape index (κ1) is 12.8. The third kappa shape index (κ3) is 2.60. The summed E-state index contributed by atoms with van der Waals surface area (Å²) < 4.78 is 0. The van der Waals surface area contributed by atoms with Gasteiger partial charge in [0, 0.05) is 12.1 Å². The van der Waals surface area contributed by atoms with Crippen LogP contribution in [-0.2, 0) is 0 Å². The van der Waals surface area contributed by atoms with Gasteiger partial charge in [0.2, 0.25) is 0 Å².